The predicted octanol–water partition coefficient (Wildman–Crippen LogP) is 15.8. The van der Waals surface area contributed by atoms with Crippen LogP contribution >= 0.6 is 0 Å². The second kappa shape index (κ2) is 17.6. The molecule has 0 unspecified atom stereocenters. The molecule has 10 aromatic rings. The molecule has 7 nitrogen and oxygen atoms in total. The van der Waals surface area contributed by atoms with Crippen LogP contribution < -0.4 is 9.42 Å². The van der Waals surface area contributed by atoms with Crippen LogP contribution in [-0.4, -0.2) is 24.2 Å². The lowest BCUT2D eigenvalue weighted by Gasteiger charge is -2.26. The first-order valence-electron chi connectivity index (χ1n) is 24.8. The van der Waals surface area contributed by atoms with E-state index in [1.807, 2.05) is 21.5 Å². The number of aromatic nitrogens is 6. The number of hydrogen-bond donors (Lipinski definition) is 0. The molecule has 0 fully saturated rings. The zero-order chi connectivity index (χ0) is 50.0. The van der Waals surface area contributed by atoms with Gasteiger partial charge in [-0.15, -0.1) is 5.10 Å². The number of fused-ring (bicyclic) bond motifs is 3. The van der Waals surface area contributed by atoms with Gasteiger partial charge in [-0.25, -0.2) is 4.98 Å². The SMILES string of the molecule is CC(C)(C)c1cc(-[n+]2[c-]n(-c3cc(Oc4ccc5c6ccccc6n(-c6cc(C(C)(C)C)ccn6)c5c4)cc(C(C)(C)C)n3)c(-c3c(-c4ccccc4)cccc3-c3ccccc3)n2)cc(C(C)(C)C)c1. The molecule has 0 atom stereocenters. The van der Waals surface area contributed by atoms with E-state index in [9.17, 15) is 0 Å². The normalized spacial score (nSPS) is 12.5. The van der Waals surface area contributed by atoms with Gasteiger partial charge in [-0.3, -0.25) is 14.1 Å². The van der Waals surface area contributed by atoms with E-state index in [4.69, 9.17) is 19.8 Å². The number of nitrogens with zero attached hydrogens (tertiary/aromatic N) is 6. The van der Waals surface area contributed by atoms with Crippen molar-refractivity contribution in [2.45, 2.75) is 105 Å². The summed E-state index contributed by atoms with van der Waals surface area (Å²) < 4.78 is 13.3. The molecule has 6 aromatic carbocycles. The van der Waals surface area contributed by atoms with E-state index in [1.165, 1.54) is 16.7 Å². The van der Waals surface area contributed by atoms with Crippen molar-refractivity contribution in [3.8, 4) is 62.5 Å². The standard InChI is InChI=1S/C64H64N6O/c1-61(2,3)44-32-33-65-57(37-44)70-54-29-20-19-26-52(54)53-31-30-48(38-55(53)70)71-49-39-56(64(10,11)12)66-58(40-49)68-41-69(47-35-45(62(4,5)6)34-46(36-47)63(7,8)9)67-60(68)59-50(42-22-15-13-16-23-42)27-21-28-51(59)43-24-17-14-18-25-43/h13-40H,1-12H3. The average molecular weight is 933 g/mol. The average Bonchev–Trinajstić information content (AvgIpc) is 3.93. The Hall–Kier alpha value is -7.64. The van der Waals surface area contributed by atoms with Crippen molar-refractivity contribution in [2.24, 2.45) is 0 Å². The van der Waals surface area contributed by atoms with Gasteiger partial charge in [0.05, 0.1) is 16.7 Å². The van der Waals surface area contributed by atoms with E-state index < -0.39 is 0 Å². The maximum absolute atomic E-state index is 7.05. The van der Waals surface area contributed by atoms with Crippen LogP contribution in [0.1, 0.15) is 105 Å². The first kappa shape index (κ1) is 47.1. The fourth-order valence-electron chi connectivity index (χ4n) is 9.30. The molecule has 0 spiro atoms. The van der Waals surface area contributed by atoms with Crippen LogP contribution in [0.2, 0.25) is 0 Å². The third-order valence-electron chi connectivity index (χ3n) is 13.5. The summed E-state index contributed by atoms with van der Waals surface area (Å²) in [5.41, 5.74) is 12.2. The maximum atomic E-state index is 7.05. The minimum absolute atomic E-state index is 0.0428. The van der Waals surface area contributed by atoms with E-state index in [1.54, 1.807) is 0 Å². The first-order chi connectivity index (χ1) is 33.7. The minimum Gasteiger partial charge on any atom is -0.458 e. The van der Waals surface area contributed by atoms with E-state index >= 15 is 0 Å². The fraction of sp³-hybridized carbons (Fsp3) is 0.250. The Balaban J connectivity index is 1.21. The summed E-state index contributed by atoms with van der Waals surface area (Å²) in [5, 5.41) is 7.88. The Kier molecular flexibility index (Phi) is 11.7. The molecule has 0 aliphatic rings. The molecule has 10 rings (SSSR count). The Bertz CT molecular complexity index is 3500. The third-order valence-corrected chi connectivity index (χ3v) is 13.5. The Morgan fingerprint density at radius 1 is 0.479 bits per heavy atom. The molecular weight excluding hydrogens is 869 g/mol. The van der Waals surface area contributed by atoms with Crippen LogP contribution in [0.25, 0.3) is 72.8 Å². The van der Waals surface area contributed by atoms with Crippen LogP contribution in [0, 0.1) is 6.33 Å². The maximum Gasteiger partial charge on any atom is 0.275 e. The first-order valence-corrected chi connectivity index (χ1v) is 24.8. The van der Waals surface area contributed by atoms with Gasteiger partial charge < -0.3 is 4.74 Å². The number of para-hydroxylation sites is 1. The van der Waals surface area contributed by atoms with E-state index in [2.05, 4.69) is 252 Å². The van der Waals surface area contributed by atoms with Gasteiger partial charge in [0.1, 0.15) is 23.1 Å². The lowest BCUT2D eigenvalue weighted by Crippen LogP contribution is -2.34. The summed E-state index contributed by atoms with van der Waals surface area (Å²) >= 11 is 0. The number of hydrogen-bond acceptors (Lipinski definition) is 4. The summed E-state index contributed by atoms with van der Waals surface area (Å²) in [4.78, 5) is 10.4. The van der Waals surface area contributed by atoms with Crippen LogP contribution in [0.3, 0.4) is 0 Å². The molecule has 0 saturated heterocycles. The molecule has 0 aliphatic carbocycles. The van der Waals surface area contributed by atoms with E-state index in [0.717, 1.165) is 66.8 Å². The topological polar surface area (TPSA) is 61.6 Å². The highest BCUT2D eigenvalue weighted by Crippen LogP contribution is 2.42. The summed E-state index contributed by atoms with van der Waals surface area (Å²) in [7, 11) is 0. The van der Waals surface area contributed by atoms with Gasteiger partial charge in [0, 0.05) is 51.8 Å². The lowest BCUT2D eigenvalue weighted by atomic mass is 9.80. The van der Waals surface area contributed by atoms with Crippen molar-refractivity contribution >= 4 is 21.8 Å². The van der Waals surface area contributed by atoms with Crippen molar-refractivity contribution in [3.05, 3.63) is 199 Å². The second-order valence-corrected chi connectivity index (χ2v) is 23.0. The van der Waals surface area contributed by atoms with Gasteiger partial charge in [0.25, 0.3) is 6.33 Å². The van der Waals surface area contributed by atoms with E-state index in [0.29, 0.717) is 23.1 Å². The highest BCUT2D eigenvalue weighted by Gasteiger charge is 2.28. The quantitative estimate of drug-likeness (QED) is 0.112. The van der Waals surface area contributed by atoms with Gasteiger partial charge in [-0.05, 0) is 85.5 Å². The summed E-state index contributed by atoms with van der Waals surface area (Å²) in [5.74, 6) is 3.55. The van der Waals surface area contributed by atoms with Crippen molar-refractivity contribution in [3.63, 3.8) is 0 Å². The molecule has 7 heteroatoms. The molecule has 0 N–H and O–H groups in total. The molecule has 4 aromatic heterocycles. The Labute approximate surface area is 419 Å². The smallest absolute Gasteiger partial charge is 0.275 e. The molecule has 71 heavy (non-hydrogen) atoms. The van der Waals surface area contributed by atoms with Gasteiger partial charge in [-0.2, -0.15) is 4.68 Å². The fourth-order valence-corrected chi connectivity index (χ4v) is 9.30. The number of benzene rings is 6. The zero-order valence-electron chi connectivity index (χ0n) is 43.3. The molecular formula is C64H64N6O. The van der Waals surface area contributed by atoms with Gasteiger partial charge in [0.15, 0.2) is 5.82 Å². The number of pyridine rings is 2. The largest absolute Gasteiger partial charge is 0.458 e. The highest BCUT2D eigenvalue weighted by atomic mass is 16.5. The molecule has 0 amide bonds. The monoisotopic (exact) mass is 933 g/mol. The molecule has 356 valence electrons. The molecule has 0 aliphatic heterocycles. The van der Waals surface area contributed by atoms with Crippen LogP contribution in [0.4, 0.5) is 0 Å². The van der Waals surface area contributed by atoms with Crippen molar-refractivity contribution in [2.75, 3.05) is 0 Å². The minimum atomic E-state index is -0.343. The van der Waals surface area contributed by atoms with E-state index in [-0.39, 0.29) is 21.7 Å². The van der Waals surface area contributed by atoms with Crippen LogP contribution in [-0.2, 0) is 21.7 Å². The van der Waals surface area contributed by atoms with Crippen molar-refractivity contribution in [1.82, 2.24) is 24.2 Å². The summed E-state index contributed by atoms with van der Waals surface area (Å²) in [6.07, 6.45) is 5.69. The Morgan fingerprint density at radius 3 is 1.68 bits per heavy atom. The lowest BCUT2D eigenvalue weighted by molar-refractivity contribution is -0.660. The zero-order valence-corrected chi connectivity index (χ0v) is 43.3. The molecule has 0 bridgehead atoms. The highest BCUT2D eigenvalue weighted by molar-refractivity contribution is 6.09. The number of ether oxygens (including phenoxy) is 1. The Morgan fingerprint density at radius 2 is 1.07 bits per heavy atom. The number of rotatable bonds is 8. The van der Waals surface area contributed by atoms with Crippen LogP contribution in [0.5, 0.6) is 11.5 Å². The summed E-state index contributed by atoms with van der Waals surface area (Å²) in [6.45, 7) is 26.9. The van der Waals surface area contributed by atoms with Gasteiger partial charge in [0.2, 0.25) is 0 Å². The van der Waals surface area contributed by atoms with Crippen molar-refractivity contribution < 1.29 is 9.42 Å². The van der Waals surface area contributed by atoms with Crippen LogP contribution in [0.15, 0.2) is 170 Å². The third kappa shape index (κ3) is 9.29. The summed E-state index contributed by atoms with van der Waals surface area (Å²) in [6, 6.07) is 57.8. The second-order valence-electron chi connectivity index (χ2n) is 23.0. The predicted molar refractivity (Wildman–Crippen MR) is 291 cm³/mol. The molecule has 0 radical (unpaired) electrons. The van der Waals surface area contributed by atoms with Crippen molar-refractivity contribution in [1.29, 1.82) is 0 Å². The molecule has 0 saturated carbocycles. The van der Waals surface area contributed by atoms with Gasteiger partial charge >= 0.3 is 0 Å². The molecule has 4 heterocycles. The van der Waals surface area contributed by atoms with Gasteiger partial charge in [-0.1, -0.05) is 198 Å².